The van der Waals surface area contributed by atoms with Crippen LogP contribution < -0.4 is 0 Å². The van der Waals surface area contributed by atoms with E-state index in [0.717, 1.165) is 6.42 Å². The molecule has 0 aliphatic carbocycles. The number of halogens is 2. The summed E-state index contributed by atoms with van der Waals surface area (Å²) in [5, 5.41) is -0.663. The predicted octanol–water partition coefficient (Wildman–Crippen LogP) is 2.81. The molecule has 0 aliphatic rings. The monoisotopic (exact) mass is 170 g/mol. The summed E-state index contributed by atoms with van der Waals surface area (Å²) in [6.45, 7) is 4.90. The van der Waals surface area contributed by atoms with Crippen molar-refractivity contribution in [1.82, 2.24) is 0 Å². The maximum absolute atomic E-state index is 5.30. The molecule has 0 N–H and O–H groups in total. The van der Waals surface area contributed by atoms with Gasteiger partial charge < -0.3 is 4.74 Å². The van der Waals surface area contributed by atoms with Gasteiger partial charge in [-0.05, 0) is 12.3 Å². The summed E-state index contributed by atoms with van der Waals surface area (Å²) in [6.07, 6.45) is 1.01. The first kappa shape index (κ1) is 9.54. The third-order valence-corrected chi connectivity index (χ3v) is 1.19. The molecule has 1 nitrogen and oxygen atoms in total. The summed E-state index contributed by atoms with van der Waals surface area (Å²) < 4.78 is 4.88. The molecule has 0 spiro atoms. The van der Waals surface area contributed by atoms with Crippen molar-refractivity contribution < 1.29 is 4.74 Å². The Morgan fingerprint density at radius 2 is 1.89 bits per heavy atom. The molecule has 0 bridgehead atoms. The average molecular weight is 171 g/mol. The van der Waals surface area contributed by atoms with Crippen LogP contribution in [0.2, 0.25) is 0 Å². The van der Waals surface area contributed by atoms with Crippen LogP contribution in [0.1, 0.15) is 20.3 Å². The molecule has 9 heavy (non-hydrogen) atoms. The van der Waals surface area contributed by atoms with Crippen LogP contribution in [0.3, 0.4) is 0 Å². The molecule has 0 unspecified atom stereocenters. The molecule has 0 atom stereocenters. The van der Waals surface area contributed by atoms with E-state index in [0.29, 0.717) is 12.5 Å². The Morgan fingerprint density at radius 1 is 1.33 bits per heavy atom. The van der Waals surface area contributed by atoms with Gasteiger partial charge in [0.15, 0.2) is 0 Å². The van der Waals surface area contributed by atoms with Gasteiger partial charge in [0.2, 0.25) is 5.02 Å². The summed E-state index contributed by atoms with van der Waals surface area (Å²) in [4.78, 5) is 0. The zero-order valence-electron chi connectivity index (χ0n) is 5.73. The third-order valence-electron chi connectivity index (χ3n) is 0.939. The zero-order chi connectivity index (χ0) is 7.28. The van der Waals surface area contributed by atoms with Crippen molar-refractivity contribution in [2.45, 2.75) is 25.3 Å². The molecule has 0 saturated heterocycles. The van der Waals surface area contributed by atoms with Crippen LogP contribution in [-0.2, 0) is 4.74 Å². The lowest BCUT2D eigenvalue weighted by atomic mass is 10.1. The number of alkyl halides is 2. The minimum Gasteiger partial charge on any atom is -0.349 e. The van der Waals surface area contributed by atoms with Crippen LogP contribution >= 0.6 is 23.2 Å². The second kappa shape index (κ2) is 5.33. The second-order valence-electron chi connectivity index (χ2n) is 2.31. The fourth-order valence-electron chi connectivity index (χ4n) is 0.393. The maximum atomic E-state index is 5.30. The lowest BCUT2D eigenvalue weighted by molar-refractivity contribution is 0.142. The minimum atomic E-state index is -0.663. The number of rotatable bonds is 4. The van der Waals surface area contributed by atoms with Crippen LogP contribution in [0, 0.1) is 5.92 Å². The van der Waals surface area contributed by atoms with Crippen LogP contribution in [-0.4, -0.2) is 11.6 Å². The van der Waals surface area contributed by atoms with E-state index in [9.17, 15) is 0 Å². The quantitative estimate of drug-likeness (QED) is 0.591. The van der Waals surface area contributed by atoms with E-state index in [1.165, 1.54) is 0 Å². The van der Waals surface area contributed by atoms with Gasteiger partial charge in [0.05, 0.1) is 6.61 Å². The topological polar surface area (TPSA) is 9.23 Å². The summed E-state index contributed by atoms with van der Waals surface area (Å²) in [7, 11) is 0. The smallest absolute Gasteiger partial charge is 0.206 e. The highest BCUT2D eigenvalue weighted by Gasteiger charge is 1.98. The molecule has 56 valence electrons. The average Bonchev–Trinajstić information content (AvgIpc) is 1.63. The van der Waals surface area contributed by atoms with Gasteiger partial charge in [-0.15, -0.1) is 0 Å². The SMILES string of the molecule is CC(C)CCOC(Cl)Cl. The van der Waals surface area contributed by atoms with Gasteiger partial charge in [0, 0.05) is 0 Å². The molecule has 0 fully saturated rings. The van der Waals surface area contributed by atoms with Crippen molar-refractivity contribution in [3.63, 3.8) is 0 Å². The van der Waals surface area contributed by atoms with Crippen molar-refractivity contribution in [2.75, 3.05) is 6.61 Å². The molecule has 3 heteroatoms. The Balaban J connectivity index is 2.91. The molecule has 0 aliphatic heterocycles. The van der Waals surface area contributed by atoms with Gasteiger partial charge in [0.1, 0.15) is 0 Å². The molecule has 0 radical (unpaired) electrons. The Labute approximate surface area is 66.3 Å². The Hall–Kier alpha value is 0.540. The molecule has 0 aromatic carbocycles. The first-order valence-corrected chi connectivity index (χ1v) is 3.90. The number of hydrogen-bond acceptors (Lipinski definition) is 1. The summed E-state index contributed by atoms with van der Waals surface area (Å²) >= 11 is 10.6. The van der Waals surface area contributed by atoms with Crippen molar-refractivity contribution in [3.05, 3.63) is 0 Å². The minimum absolute atomic E-state index is 0.648. The lowest BCUT2D eigenvalue weighted by Crippen LogP contribution is -2.01. The summed E-state index contributed by atoms with van der Waals surface area (Å²) in [5.41, 5.74) is 0. The molecule has 0 amide bonds. The van der Waals surface area contributed by atoms with Gasteiger partial charge in [-0.25, -0.2) is 0 Å². The van der Waals surface area contributed by atoms with Crippen LogP contribution in [0.25, 0.3) is 0 Å². The van der Waals surface area contributed by atoms with E-state index in [-0.39, 0.29) is 0 Å². The molecular formula is C6H12Cl2O. The molecule has 0 aromatic heterocycles. The fraction of sp³-hybridized carbons (Fsp3) is 1.00. The third kappa shape index (κ3) is 8.54. The lowest BCUT2D eigenvalue weighted by Gasteiger charge is -2.05. The van der Waals surface area contributed by atoms with Gasteiger partial charge in [0.25, 0.3) is 0 Å². The maximum Gasteiger partial charge on any atom is 0.206 e. The van der Waals surface area contributed by atoms with Crippen molar-refractivity contribution >= 4 is 23.2 Å². The van der Waals surface area contributed by atoms with Crippen LogP contribution in [0.5, 0.6) is 0 Å². The summed E-state index contributed by atoms with van der Waals surface area (Å²) in [6, 6.07) is 0. The standard InChI is InChI=1S/C6H12Cl2O/c1-5(2)3-4-9-6(7)8/h5-6H,3-4H2,1-2H3. The van der Waals surface area contributed by atoms with E-state index < -0.39 is 5.02 Å². The van der Waals surface area contributed by atoms with E-state index in [4.69, 9.17) is 27.9 Å². The first-order valence-electron chi connectivity index (χ1n) is 3.02. The largest absolute Gasteiger partial charge is 0.349 e. The Morgan fingerprint density at radius 3 is 2.22 bits per heavy atom. The molecule has 0 rings (SSSR count). The predicted molar refractivity (Wildman–Crippen MR) is 40.9 cm³/mol. The van der Waals surface area contributed by atoms with E-state index in [2.05, 4.69) is 13.8 Å². The van der Waals surface area contributed by atoms with E-state index in [1.807, 2.05) is 0 Å². The van der Waals surface area contributed by atoms with Gasteiger partial charge in [-0.3, -0.25) is 0 Å². The fourth-order valence-corrected chi connectivity index (χ4v) is 0.571. The second-order valence-corrected chi connectivity index (χ2v) is 3.33. The van der Waals surface area contributed by atoms with E-state index >= 15 is 0 Å². The van der Waals surface area contributed by atoms with E-state index in [1.54, 1.807) is 0 Å². The van der Waals surface area contributed by atoms with Crippen molar-refractivity contribution in [2.24, 2.45) is 5.92 Å². The van der Waals surface area contributed by atoms with Gasteiger partial charge in [-0.2, -0.15) is 0 Å². The van der Waals surface area contributed by atoms with Crippen LogP contribution in [0.15, 0.2) is 0 Å². The van der Waals surface area contributed by atoms with Gasteiger partial charge in [-0.1, -0.05) is 37.0 Å². The summed E-state index contributed by atoms with van der Waals surface area (Å²) in [5.74, 6) is 0.650. The van der Waals surface area contributed by atoms with Crippen molar-refractivity contribution in [3.8, 4) is 0 Å². The number of ether oxygens (including phenoxy) is 1. The Bertz CT molecular complexity index is 56.1. The van der Waals surface area contributed by atoms with Crippen molar-refractivity contribution in [1.29, 1.82) is 0 Å². The Kier molecular flexibility index (Phi) is 5.65. The first-order chi connectivity index (χ1) is 4.13. The number of hydrogen-bond donors (Lipinski definition) is 0. The molecule has 0 saturated carbocycles. The highest BCUT2D eigenvalue weighted by Crippen LogP contribution is 2.06. The highest BCUT2D eigenvalue weighted by molar-refractivity contribution is 6.43. The zero-order valence-corrected chi connectivity index (χ0v) is 7.24. The van der Waals surface area contributed by atoms with Crippen LogP contribution in [0.4, 0.5) is 0 Å². The van der Waals surface area contributed by atoms with Gasteiger partial charge >= 0.3 is 0 Å². The highest BCUT2D eigenvalue weighted by atomic mass is 35.5. The molecule has 0 aromatic rings. The normalized spacial score (nSPS) is 11.3. The molecule has 0 heterocycles. The molecular weight excluding hydrogens is 159 g/mol.